The standard InChI is InChI=1S/C46H36IN3O3S/c1-2-33-52-43(51)41(50-53-46(37-27-15-6-16-28-37,38-29-17-7-18-30-38)39-31-19-8-20-32-39)40-42(47)54-44(48-40)49-45(34-21-9-3-10-22-34,35-23-11-4-12-24-35)36-25-13-5-14-26-36/h2-32H,1,33H2,(H,48,49). The van der Waals surface area contributed by atoms with E-state index in [0.29, 0.717) is 10.8 Å². The van der Waals surface area contributed by atoms with Gasteiger partial charge in [-0.3, -0.25) is 0 Å². The van der Waals surface area contributed by atoms with Crippen LogP contribution in [0.25, 0.3) is 0 Å². The summed E-state index contributed by atoms with van der Waals surface area (Å²) in [6.45, 7) is 3.73. The summed E-state index contributed by atoms with van der Waals surface area (Å²) >= 11 is 3.63. The number of carbonyl (C=O) groups excluding carboxylic acids is 1. The molecule has 54 heavy (non-hydrogen) atoms. The molecule has 0 amide bonds. The molecule has 7 rings (SSSR count). The van der Waals surface area contributed by atoms with E-state index in [2.05, 4.69) is 70.9 Å². The molecule has 7 aromatic rings. The van der Waals surface area contributed by atoms with Gasteiger partial charge in [-0.2, -0.15) is 0 Å². The molecule has 8 heteroatoms. The Kier molecular flexibility index (Phi) is 11.4. The van der Waals surface area contributed by atoms with Crippen LogP contribution in [0.15, 0.2) is 200 Å². The molecule has 6 aromatic carbocycles. The average molecular weight is 838 g/mol. The minimum Gasteiger partial charge on any atom is -0.457 e. The molecule has 0 saturated carbocycles. The highest BCUT2D eigenvalue weighted by atomic mass is 127. The first-order valence-electron chi connectivity index (χ1n) is 17.4. The molecule has 0 bridgehead atoms. The van der Waals surface area contributed by atoms with E-state index < -0.39 is 17.1 Å². The number of thiazole rings is 1. The quantitative estimate of drug-likeness (QED) is 0.0295. The summed E-state index contributed by atoms with van der Waals surface area (Å²) in [4.78, 5) is 25.9. The fraction of sp³-hybridized carbons (Fsp3) is 0.0652. The highest BCUT2D eigenvalue weighted by Crippen LogP contribution is 2.43. The Bertz CT molecular complexity index is 2130. The smallest absolute Gasteiger partial charge is 0.363 e. The van der Waals surface area contributed by atoms with Crippen LogP contribution < -0.4 is 5.32 Å². The average Bonchev–Trinajstić information content (AvgIpc) is 3.61. The number of oxime groups is 1. The van der Waals surface area contributed by atoms with E-state index in [1.165, 1.54) is 17.4 Å². The van der Waals surface area contributed by atoms with Gasteiger partial charge in [0.2, 0.25) is 11.3 Å². The molecule has 0 fully saturated rings. The van der Waals surface area contributed by atoms with Gasteiger partial charge in [-0.15, -0.1) is 0 Å². The molecular weight excluding hydrogens is 801 g/mol. The van der Waals surface area contributed by atoms with Gasteiger partial charge in [-0.25, -0.2) is 9.78 Å². The fourth-order valence-electron chi connectivity index (χ4n) is 6.61. The van der Waals surface area contributed by atoms with Gasteiger partial charge < -0.3 is 14.9 Å². The molecule has 0 atom stereocenters. The Hall–Kier alpha value is -5.84. The second-order valence-corrected chi connectivity index (χ2v) is 15.1. The zero-order valence-corrected chi connectivity index (χ0v) is 32.2. The molecule has 0 saturated heterocycles. The third kappa shape index (κ3) is 7.35. The van der Waals surface area contributed by atoms with Crippen molar-refractivity contribution >= 4 is 50.7 Å². The van der Waals surface area contributed by atoms with Crippen LogP contribution >= 0.6 is 33.9 Å². The normalized spacial score (nSPS) is 11.8. The van der Waals surface area contributed by atoms with Crippen molar-refractivity contribution < 1.29 is 14.4 Å². The highest BCUT2D eigenvalue weighted by Gasteiger charge is 2.41. The van der Waals surface area contributed by atoms with E-state index in [1.54, 1.807) is 0 Å². The van der Waals surface area contributed by atoms with E-state index in [4.69, 9.17) is 19.7 Å². The van der Waals surface area contributed by atoms with Gasteiger partial charge in [0.05, 0.1) is 2.88 Å². The molecule has 0 radical (unpaired) electrons. The van der Waals surface area contributed by atoms with Crippen molar-refractivity contribution in [1.29, 1.82) is 0 Å². The lowest BCUT2D eigenvalue weighted by molar-refractivity contribution is -0.134. The fourth-order valence-corrected chi connectivity index (χ4v) is 8.36. The van der Waals surface area contributed by atoms with Crippen LogP contribution in [0.3, 0.4) is 0 Å². The minimum atomic E-state index is -1.22. The maximum absolute atomic E-state index is 14.0. The van der Waals surface area contributed by atoms with Crippen LogP contribution in [-0.4, -0.2) is 23.3 Å². The SMILES string of the molecule is C=CCOC(=O)C(=NOC(c1ccccc1)(c1ccccc1)c1ccccc1)c1nc(NC(c2ccccc2)(c2ccccc2)c2ccccc2)sc1I. The number of hydrogen-bond acceptors (Lipinski definition) is 7. The predicted octanol–water partition coefficient (Wildman–Crippen LogP) is 10.6. The lowest BCUT2D eigenvalue weighted by atomic mass is 9.77. The van der Waals surface area contributed by atoms with Crippen molar-refractivity contribution in [2.75, 3.05) is 11.9 Å². The molecule has 0 spiro atoms. The summed E-state index contributed by atoms with van der Waals surface area (Å²) in [6.07, 6.45) is 1.52. The largest absolute Gasteiger partial charge is 0.457 e. The summed E-state index contributed by atoms with van der Waals surface area (Å²) in [5, 5.41) is 9.12. The number of benzene rings is 6. The number of carbonyl (C=O) groups is 1. The summed E-state index contributed by atoms with van der Waals surface area (Å²) in [5.74, 6) is -0.687. The lowest BCUT2D eigenvalue weighted by Crippen LogP contribution is -2.38. The van der Waals surface area contributed by atoms with Gasteiger partial charge in [0.15, 0.2) is 5.13 Å². The molecule has 0 unspecified atom stereocenters. The Labute approximate surface area is 333 Å². The third-order valence-corrected chi connectivity index (χ3v) is 11.0. The van der Waals surface area contributed by atoms with Crippen LogP contribution in [-0.2, 0) is 25.5 Å². The molecule has 0 aliphatic heterocycles. The topological polar surface area (TPSA) is 72.8 Å². The first-order chi connectivity index (χ1) is 26.6. The number of nitrogens with one attached hydrogen (secondary N) is 1. The first-order valence-corrected chi connectivity index (χ1v) is 19.3. The van der Waals surface area contributed by atoms with E-state index in [0.717, 1.165) is 36.3 Å². The number of halogens is 1. The van der Waals surface area contributed by atoms with E-state index in [-0.39, 0.29) is 12.3 Å². The minimum absolute atomic E-state index is 0.00991. The molecule has 0 aliphatic carbocycles. The van der Waals surface area contributed by atoms with Crippen LogP contribution in [0.4, 0.5) is 5.13 Å². The molecule has 266 valence electrons. The van der Waals surface area contributed by atoms with E-state index >= 15 is 0 Å². The number of aromatic nitrogens is 1. The van der Waals surface area contributed by atoms with Gasteiger partial charge in [0.25, 0.3) is 0 Å². The highest BCUT2D eigenvalue weighted by molar-refractivity contribution is 14.1. The van der Waals surface area contributed by atoms with Crippen LogP contribution in [0, 0.1) is 2.88 Å². The monoisotopic (exact) mass is 837 g/mol. The maximum atomic E-state index is 14.0. The first kappa shape index (κ1) is 36.5. The number of nitrogens with zero attached hydrogens (tertiary/aromatic N) is 2. The molecule has 6 nitrogen and oxygen atoms in total. The zero-order valence-electron chi connectivity index (χ0n) is 29.2. The Morgan fingerprint density at radius 3 is 1.39 bits per heavy atom. The van der Waals surface area contributed by atoms with Crippen LogP contribution in [0.1, 0.15) is 39.1 Å². The molecule has 0 aliphatic rings. The van der Waals surface area contributed by atoms with Gasteiger partial charge >= 0.3 is 5.97 Å². The van der Waals surface area contributed by atoms with Gasteiger partial charge in [-0.05, 0) is 39.3 Å². The Balaban J connectivity index is 1.39. The van der Waals surface area contributed by atoms with Gasteiger partial charge in [0, 0.05) is 16.7 Å². The van der Waals surface area contributed by atoms with Crippen molar-refractivity contribution in [3.05, 3.63) is 237 Å². The number of ether oxygens (including phenoxy) is 1. The summed E-state index contributed by atoms with van der Waals surface area (Å²) in [5.41, 5.74) is 3.78. The van der Waals surface area contributed by atoms with Crippen molar-refractivity contribution in [1.82, 2.24) is 4.98 Å². The van der Waals surface area contributed by atoms with Crippen molar-refractivity contribution in [2.24, 2.45) is 5.16 Å². The maximum Gasteiger partial charge on any atom is 0.363 e. The molecule has 1 N–H and O–H groups in total. The van der Waals surface area contributed by atoms with E-state index in [9.17, 15) is 4.79 Å². The second-order valence-electron chi connectivity index (χ2n) is 12.3. The Morgan fingerprint density at radius 1 is 0.648 bits per heavy atom. The van der Waals surface area contributed by atoms with Crippen LogP contribution in [0.2, 0.25) is 0 Å². The number of esters is 1. The summed E-state index contributed by atoms with van der Waals surface area (Å²) < 4.78 is 6.36. The molecular formula is C46H36IN3O3S. The Morgan fingerprint density at radius 2 is 1.02 bits per heavy atom. The van der Waals surface area contributed by atoms with E-state index in [1.807, 2.05) is 146 Å². The zero-order chi connectivity index (χ0) is 37.2. The second kappa shape index (κ2) is 16.9. The predicted molar refractivity (Wildman–Crippen MR) is 226 cm³/mol. The lowest BCUT2D eigenvalue weighted by Gasteiger charge is -2.36. The number of anilines is 1. The van der Waals surface area contributed by atoms with Crippen molar-refractivity contribution in [3.63, 3.8) is 0 Å². The van der Waals surface area contributed by atoms with Crippen LogP contribution in [0.5, 0.6) is 0 Å². The van der Waals surface area contributed by atoms with Crippen molar-refractivity contribution in [3.8, 4) is 0 Å². The number of hydrogen-bond donors (Lipinski definition) is 1. The molecule has 1 aromatic heterocycles. The number of rotatable bonds is 14. The third-order valence-electron chi connectivity index (χ3n) is 9.07. The summed E-state index contributed by atoms with van der Waals surface area (Å²) in [7, 11) is 0. The summed E-state index contributed by atoms with van der Waals surface area (Å²) in [6, 6.07) is 60.5. The van der Waals surface area contributed by atoms with Gasteiger partial charge in [-0.1, -0.05) is 211 Å². The van der Waals surface area contributed by atoms with Crippen molar-refractivity contribution in [2.45, 2.75) is 11.1 Å². The molecule has 1 heterocycles. The van der Waals surface area contributed by atoms with Gasteiger partial charge in [0.1, 0.15) is 17.8 Å².